The normalized spacial score (nSPS) is 15.4. The minimum Gasteiger partial charge on any atom is -0.331 e. The number of carbonyl (C=O) groups is 3. The number of thiazole rings is 1. The number of nitrogens with zero attached hydrogens (tertiary/aromatic N) is 2. The van der Waals surface area contributed by atoms with Gasteiger partial charge in [-0.15, -0.1) is 11.3 Å². The Hall–Kier alpha value is -2.72. The number of fused-ring (bicyclic) bond motifs is 1. The molecule has 1 aromatic carbocycles. The van der Waals surface area contributed by atoms with E-state index in [9.17, 15) is 14.4 Å². The van der Waals surface area contributed by atoms with E-state index >= 15 is 0 Å². The molecule has 1 unspecified atom stereocenters. The molecule has 0 spiro atoms. The van der Waals surface area contributed by atoms with E-state index in [4.69, 9.17) is 5.21 Å². The first-order valence-corrected chi connectivity index (χ1v) is 11.7. The summed E-state index contributed by atoms with van der Waals surface area (Å²) in [4.78, 5) is 43.8. The van der Waals surface area contributed by atoms with Gasteiger partial charge >= 0.3 is 6.03 Å². The van der Waals surface area contributed by atoms with Crippen LogP contribution in [-0.4, -0.2) is 52.1 Å². The van der Waals surface area contributed by atoms with Gasteiger partial charge in [-0.1, -0.05) is 33.6 Å². The molecule has 4 N–H and O–H groups in total. The zero-order chi connectivity index (χ0) is 23.3. The third-order valence-electron chi connectivity index (χ3n) is 5.70. The van der Waals surface area contributed by atoms with Crippen LogP contribution in [0.3, 0.4) is 0 Å². The minimum absolute atomic E-state index is 0.260. The predicted molar refractivity (Wildman–Crippen MR) is 123 cm³/mol. The molecule has 4 amide bonds. The monoisotopic (exact) mass is 461 g/mol. The summed E-state index contributed by atoms with van der Waals surface area (Å²) in [5, 5.41) is 14.6. The van der Waals surface area contributed by atoms with Crippen molar-refractivity contribution in [1.82, 2.24) is 20.7 Å². The van der Waals surface area contributed by atoms with E-state index in [-0.39, 0.29) is 12.5 Å². The van der Waals surface area contributed by atoms with E-state index in [1.54, 1.807) is 17.1 Å². The molecule has 174 valence electrons. The Morgan fingerprint density at radius 2 is 1.97 bits per heavy atom. The molecule has 0 radical (unpaired) electrons. The molecule has 1 aliphatic carbocycles. The molecule has 0 aliphatic heterocycles. The number of nitrogens with one attached hydrogen (secondary N) is 3. The number of benzene rings is 1. The number of carbonyl (C=O) groups excluding carboxylic acids is 3. The first kappa shape index (κ1) is 23.9. The molecule has 1 aromatic heterocycles. The Morgan fingerprint density at radius 1 is 1.25 bits per heavy atom. The maximum Gasteiger partial charge on any atom is 0.319 e. The van der Waals surface area contributed by atoms with Crippen molar-refractivity contribution in [2.45, 2.75) is 52.5 Å². The first-order valence-electron chi connectivity index (χ1n) is 10.8. The van der Waals surface area contributed by atoms with Gasteiger partial charge in [0.15, 0.2) is 0 Å². The molecule has 1 atom stereocenters. The molecule has 1 fully saturated rings. The summed E-state index contributed by atoms with van der Waals surface area (Å²) < 4.78 is 0.948. The number of hydrogen-bond acceptors (Lipinski definition) is 6. The third kappa shape index (κ3) is 6.17. The molecule has 0 bridgehead atoms. The van der Waals surface area contributed by atoms with Crippen molar-refractivity contribution in [3.63, 3.8) is 0 Å². The average molecular weight is 462 g/mol. The number of anilines is 1. The number of amides is 4. The largest absolute Gasteiger partial charge is 0.331 e. The van der Waals surface area contributed by atoms with Crippen LogP contribution in [0.15, 0.2) is 23.7 Å². The van der Waals surface area contributed by atoms with Crippen molar-refractivity contribution < 1.29 is 19.6 Å². The second kappa shape index (κ2) is 10.3. The highest BCUT2D eigenvalue weighted by atomic mass is 32.1. The zero-order valence-electron chi connectivity index (χ0n) is 18.7. The van der Waals surface area contributed by atoms with Gasteiger partial charge in [0, 0.05) is 12.2 Å². The Morgan fingerprint density at radius 3 is 2.62 bits per heavy atom. The van der Waals surface area contributed by atoms with E-state index in [1.807, 2.05) is 32.9 Å². The lowest BCUT2D eigenvalue weighted by Crippen LogP contribution is -2.57. The molecule has 1 aliphatic rings. The smallest absolute Gasteiger partial charge is 0.319 e. The van der Waals surface area contributed by atoms with E-state index in [0.29, 0.717) is 18.2 Å². The van der Waals surface area contributed by atoms with Crippen LogP contribution in [0.25, 0.3) is 10.2 Å². The number of hydrogen-bond donors (Lipinski definition) is 4. The Kier molecular flexibility index (Phi) is 7.68. The van der Waals surface area contributed by atoms with Gasteiger partial charge in [-0.25, -0.2) is 15.3 Å². The molecule has 9 nitrogen and oxygen atoms in total. The van der Waals surface area contributed by atoms with Crippen LogP contribution >= 0.6 is 11.3 Å². The van der Waals surface area contributed by atoms with Gasteiger partial charge in [-0.3, -0.25) is 14.8 Å². The minimum atomic E-state index is -0.859. The molecular weight excluding hydrogens is 430 g/mol. The molecular formula is C22H31N5O4S. The van der Waals surface area contributed by atoms with Crippen LogP contribution in [0.5, 0.6) is 0 Å². The highest BCUT2D eigenvalue weighted by Crippen LogP contribution is 2.28. The molecule has 2 aromatic rings. The highest BCUT2D eigenvalue weighted by molar-refractivity contribution is 7.16. The first-order chi connectivity index (χ1) is 15.2. The van der Waals surface area contributed by atoms with Crippen LogP contribution in [0.4, 0.5) is 10.5 Å². The van der Waals surface area contributed by atoms with E-state index in [2.05, 4.69) is 15.6 Å². The van der Waals surface area contributed by atoms with Gasteiger partial charge in [0.2, 0.25) is 5.91 Å². The Bertz CT molecular complexity index is 965. The van der Waals surface area contributed by atoms with Gasteiger partial charge < -0.3 is 15.5 Å². The second-order valence-electron chi connectivity index (χ2n) is 9.34. The zero-order valence-corrected chi connectivity index (χ0v) is 19.5. The van der Waals surface area contributed by atoms with E-state index < -0.39 is 23.4 Å². The number of hydroxylamine groups is 1. The fourth-order valence-corrected chi connectivity index (χ4v) is 4.72. The quantitative estimate of drug-likeness (QED) is 0.372. The summed E-state index contributed by atoms with van der Waals surface area (Å²) in [7, 11) is 0. The lowest BCUT2D eigenvalue weighted by molar-refractivity contribution is -0.142. The van der Waals surface area contributed by atoms with Gasteiger partial charge in [0.05, 0.1) is 15.7 Å². The van der Waals surface area contributed by atoms with E-state index in [1.165, 1.54) is 16.2 Å². The molecule has 1 saturated carbocycles. The molecule has 3 rings (SSSR count). The molecule has 1 heterocycles. The summed E-state index contributed by atoms with van der Waals surface area (Å²) in [5.41, 5.74) is 4.20. The number of aromatic nitrogens is 1. The van der Waals surface area contributed by atoms with Crippen LogP contribution in [0, 0.1) is 11.3 Å². The van der Waals surface area contributed by atoms with Gasteiger partial charge in [0.1, 0.15) is 12.6 Å². The van der Waals surface area contributed by atoms with Gasteiger partial charge in [0.25, 0.3) is 5.91 Å². The van der Waals surface area contributed by atoms with Crippen LogP contribution in [-0.2, 0) is 9.59 Å². The van der Waals surface area contributed by atoms with Crippen LogP contribution < -0.4 is 16.1 Å². The lowest BCUT2D eigenvalue weighted by Gasteiger charge is -2.35. The number of urea groups is 1. The van der Waals surface area contributed by atoms with Gasteiger partial charge in [-0.2, -0.15) is 0 Å². The fraction of sp³-hybridized carbons (Fsp3) is 0.545. The summed E-state index contributed by atoms with van der Waals surface area (Å²) in [6.07, 6.45) is 4.20. The van der Waals surface area contributed by atoms with Crippen molar-refractivity contribution in [2.75, 3.05) is 18.4 Å². The van der Waals surface area contributed by atoms with Crippen molar-refractivity contribution in [1.29, 1.82) is 0 Å². The molecule has 0 saturated heterocycles. The highest BCUT2D eigenvalue weighted by Gasteiger charge is 2.37. The maximum absolute atomic E-state index is 13.5. The van der Waals surface area contributed by atoms with Crippen LogP contribution in [0.2, 0.25) is 0 Å². The predicted octanol–water partition coefficient (Wildman–Crippen LogP) is 3.36. The topological polar surface area (TPSA) is 124 Å². The Labute approximate surface area is 191 Å². The van der Waals surface area contributed by atoms with Gasteiger partial charge in [-0.05, 0) is 42.4 Å². The number of rotatable bonds is 7. The van der Waals surface area contributed by atoms with Crippen molar-refractivity contribution in [3.05, 3.63) is 23.7 Å². The lowest BCUT2D eigenvalue weighted by atomic mass is 9.85. The summed E-state index contributed by atoms with van der Waals surface area (Å²) >= 11 is 1.48. The maximum atomic E-state index is 13.5. The summed E-state index contributed by atoms with van der Waals surface area (Å²) in [5.74, 6) is -0.696. The van der Waals surface area contributed by atoms with Crippen molar-refractivity contribution in [3.8, 4) is 0 Å². The summed E-state index contributed by atoms with van der Waals surface area (Å²) in [6, 6.07) is 4.05. The van der Waals surface area contributed by atoms with Crippen molar-refractivity contribution in [2.24, 2.45) is 11.3 Å². The molecule has 10 heteroatoms. The average Bonchev–Trinajstić information content (AvgIpc) is 3.41. The van der Waals surface area contributed by atoms with Crippen LogP contribution in [0.1, 0.15) is 46.5 Å². The molecule has 32 heavy (non-hydrogen) atoms. The standard InChI is InChI=1S/C22H31N5O4S/c1-22(2,3)19(20(29)27(12-18(28)26-31)11-14-6-4-5-7-14)25-21(30)24-15-8-9-16-17(10-15)32-13-23-16/h8-10,13-14,19,31H,4-7,11-12H2,1-3H3,(H,26,28)(H2,24,25,30). The second-order valence-corrected chi connectivity index (χ2v) is 10.2. The van der Waals surface area contributed by atoms with Crippen molar-refractivity contribution >= 4 is 45.1 Å². The van der Waals surface area contributed by atoms with E-state index in [0.717, 1.165) is 35.9 Å². The third-order valence-corrected chi connectivity index (χ3v) is 6.49. The Balaban J connectivity index is 1.73. The summed E-state index contributed by atoms with van der Waals surface area (Å²) in [6.45, 7) is 5.74. The SMILES string of the molecule is CC(C)(C)C(NC(=O)Nc1ccc2ncsc2c1)C(=O)N(CC(=O)NO)CC1CCCC1. The fourth-order valence-electron chi connectivity index (χ4n) is 4.01.